The number of hydrogen-bond acceptors (Lipinski definition) is 5. The summed E-state index contributed by atoms with van der Waals surface area (Å²) in [4.78, 5) is 21.8. The minimum absolute atomic E-state index is 0. The Hall–Kier alpha value is -1.91. The lowest BCUT2D eigenvalue weighted by atomic mass is 9.85. The van der Waals surface area contributed by atoms with Crippen LogP contribution in [0.4, 0.5) is 5.69 Å². The van der Waals surface area contributed by atoms with Gasteiger partial charge in [-0.25, -0.2) is 0 Å². The molecule has 0 spiro atoms. The number of benzene rings is 1. The average molecular weight is 574 g/mol. The topological polar surface area (TPSA) is 78.4 Å². The second-order valence-electron chi connectivity index (χ2n) is 9.03. The van der Waals surface area contributed by atoms with Crippen LogP contribution in [0.3, 0.4) is 0 Å². The maximum absolute atomic E-state index is 12.9. The molecule has 1 aliphatic carbocycles. The zero-order chi connectivity index (χ0) is 23.1. The molecule has 9 heteroatoms. The minimum atomic E-state index is -0.356. The number of hydrogen-bond donors (Lipinski definition) is 2. The quantitative estimate of drug-likeness (QED) is 0.283. The Morgan fingerprint density at radius 2 is 1.82 bits per heavy atom. The van der Waals surface area contributed by atoms with Gasteiger partial charge in [-0.2, -0.15) is 0 Å². The molecule has 1 aromatic rings. The van der Waals surface area contributed by atoms with Crippen molar-refractivity contribution in [3.05, 3.63) is 18.2 Å². The van der Waals surface area contributed by atoms with Gasteiger partial charge >= 0.3 is 0 Å². The average Bonchev–Trinajstić information content (AvgIpc) is 3.47. The summed E-state index contributed by atoms with van der Waals surface area (Å²) in [6, 6.07) is 6.25. The predicted molar refractivity (Wildman–Crippen MR) is 144 cm³/mol. The molecule has 1 heterocycles. The fourth-order valence-electron chi connectivity index (χ4n) is 4.80. The van der Waals surface area contributed by atoms with Crippen molar-refractivity contribution in [2.24, 2.45) is 10.4 Å². The summed E-state index contributed by atoms with van der Waals surface area (Å²) in [6.45, 7) is 5.18. The molecule has 33 heavy (non-hydrogen) atoms. The number of anilines is 1. The molecule has 0 aromatic heterocycles. The van der Waals surface area contributed by atoms with E-state index >= 15 is 0 Å². The van der Waals surface area contributed by atoms with E-state index in [2.05, 4.69) is 22.5 Å². The van der Waals surface area contributed by atoms with E-state index in [1.807, 2.05) is 32.3 Å². The van der Waals surface area contributed by atoms with Crippen LogP contribution in [0.1, 0.15) is 39.0 Å². The van der Waals surface area contributed by atoms with Crippen molar-refractivity contribution >= 4 is 41.5 Å². The van der Waals surface area contributed by atoms with Gasteiger partial charge in [-0.05, 0) is 26.2 Å². The number of rotatable bonds is 8. The highest BCUT2D eigenvalue weighted by Gasteiger charge is 2.42. The number of amides is 1. The monoisotopic (exact) mass is 573 g/mol. The molecule has 1 aromatic carbocycles. The Labute approximate surface area is 215 Å². The summed E-state index contributed by atoms with van der Waals surface area (Å²) in [5.41, 5.74) is 0.735. The van der Waals surface area contributed by atoms with Crippen molar-refractivity contribution in [2.45, 2.75) is 45.1 Å². The van der Waals surface area contributed by atoms with Gasteiger partial charge in [0.15, 0.2) is 5.96 Å². The SMILES string of the molecule is CCNC(=NCC1(C(=O)N(C)C)CCCC1)NC1CCN(c2cc(OC)cc(OC)c2)C1.I. The van der Waals surface area contributed by atoms with Crippen LogP contribution in [0.5, 0.6) is 11.5 Å². The van der Waals surface area contributed by atoms with E-state index in [1.54, 1.807) is 19.1 Å². The van der Waals surface area contributed by atoms with E-state index in [4.69, 9.17) is 14.5 Å². The number of nitrogens with one attached hydrogen (secondary N) is 2. The molecule has 2 N–H and O–H groups in total. The van der Waals surface area contributed by atoms with Gasteiger partial charge in [0.25, 0.3) is 0 Å². The van der Waals surface area contributed by atoms with Crippen molar-refractivity contribution in [2.75, 3.05) is 59.4 Å². The Morgan fingerprint density at radius 3 is 2.36 bits per heavy atom. The Bertz CT molecular complexity index is 789. The molecule has 1 saturated carbocycles. The second-order valence-corrected chi connectivity index (χ2v) is 9.03. The number of ether oxygens (including phenoxy) is 2. The number of aliphatic imine (C=N–C) groups is 1. The number of guanidine groups is 1. The number of nitrogens with zero attached hydrogens (tertiary/aromatic N) is 3. The molecule has 1 unspecified atom stereocenters. The summed E-state index contributed by atoms with van der Waals surface area (Å²) >= 11 is 0. The third kappa shape index (κ3) is 6.80. The Morgan fingerprint density at radius 1 is 1.18 bits per heavy atom. The summed E-state index contributed by atoms with van der Waals surface area (Å²) in [5, 5.41) is 6.96. The van der Waals surface area contributed by atoms with Crippen LogP contribution in [-0.2, 0) is 4.79 Å². The molecule has 2 aliphatic rings. The van der Waals surface area contributed by atoms with E-state index in [1.165, 1.54) is 0 Å². The highest BCUT2D eigenvalue weighted by molar-refractivity contribution is 14.0. The van der Waals surface area contributed by atoms with Crippen LogP contribution >= 0.6 is 24.0 Å². The first kappa shape index (κ1) is 27.3. The first-order valence-corrected chi connectivity index (χ1v) is 11.7. The third-order valence-electron chi connectivity index (χ3n) is 6.54. The molecule has 2 fully saturated rings. The largest absolute Gasteiger partial charge is 0.497 e. The first-order valence-electron chi connectivity index (χ1n) is 11.7. The normalized spacial score (nSPS) is 19.6. The lowest BCUT2D eigenvalue weighted by Crippen LogP contribution is -2.46. The van der Waals surface area contributed by atoms with Gasteiger partial charge in [0.05, 0.1) is 26.2 Å². The highest BCUT2D eigenvalue weighted by Crippen LogP contribution is 2.39. The molecule has 0 radical (unpaired) electrons. The molecule has 186 valence electrons. The number of carbonyl (C=O) groups excluding carboxylic acids is 1. The zero-order valence-electron chi connectivity index (χ0n) is 20.6. The fourth-order valence-corrected chi connectivity index (χ4v) is 4.80. The summed E-state index contributed by atoms with van der Waals surface area (Å²) in [7, 11) is 7.03. The molecular weight excluding hydrogens is 533 g/mol. The maximum atomic E-state index is 12.9. The third-order valence-corrected chi connectivity index (χ3v) is 6.54. The predicted octanol–water partition coefficient (Wildman–Crippen LogP) is 3.10. The minimum Gasteiger partial charge on any atom is -0.497 e. The lowest BCUT2D eigenvalue weighted by Gasteiger charge is -2.29. The number of halogens is 1. The van der Waals surface area contributed by atoms with Crippen molar-refractivity contribution < 1.29 is 14.3 Å². The van der Waals surface area contributed by atoms with Crippen LogP contribution in [0.25, 0.3) is 0 Å². The lowest BCUT2D eigenvalue weighted by molar-refractivity contribution is -0.138. The van der Waals surface area contributed by atoms with Crippen molar-refractivity contribution in [3.63, 3.8) is 0 Å². The Kier molecular flexibility index (Phi) is 10.4. The standard InChI is InChI=1S/C24H39N5O3.HI/c1-6-25-23(26-17-24(10-7-8-11-24)22(30)28(2)3)27-18-9-12-29(16-18)19-13-20(31-4)15-21(14-19)32-5;/h13-15,18H,6-12,16-17H2,1-5H3,(H2,25,26,27);1H. The van der Waals surface area contributed by atoms with Crippen molar-refractivity contribution in [1.82, 2.24) is 15.5 Å². The second kappa shape index (κ2) is 12.5. The Balaban J connectivity index is 0.00000385. The van der Waals surface area contributed by atoms with Crippen LogP contribution in [0.2, 0.25) is 0 Å². The fraction of sp³-hybridized carbons (Fsp3) is 0.667. The van der Waals surface area contributed by atoms with Crippen molar-refractivity contribution in [1.29, 1.82) is 0 Å². The number of methoxy groups -OCH3 is 2. The van der Waals surface area contributed by atoms with Gasteiger partial charge in [0.2, 0.25) is 5.91 Å². The van der Waals surface area contributed by atoms with E-state index in [-0.39, 0.29) is 41.3 Å². The van der Waals surface area contributed by atoms with Gasteiger partial charge in [-0.3, -0.25) is 9.79 Å². The van der Waals surface area contributed by atoms with Gasteiger partial charge in [-0.1, -0.05) is 12.8 Å². The van der Waals surface area contributed by atoms with Crippen LogP contribution in [-0.4, -0.2) is 77.3 Å². The number of carbonyl (C=O) groups is 1. The van der Waals surface area contributed by atoms with Crippen LogP contribution in [0, 0.1) is 5.41 Å². The van der Waals surface area contributed by atoms with Crippen LogP contribution < -0.4 is 25.0 Å². The van der Waals surface area contributed by atoms with Gasteiger partial charge in [-0.15, -0.1) is 24.0 Å². The maximum Gasteiger partial charge on any atom is 0.230 e. The highest BCUT2D eigenvalue weighted by atomic mass is 127. The summed E-state index contributed by atoms with van der Waals surface area (Å²) in [6.07, 6.45) is 5.04. The van der Waals surface area contributed by atoms with E-state index in [0.717, 1.165) is 74.9 Å². The molecule has 8 nitrogen and oxygen atoms in total. The zero-order valence-corrected chi connectivity index (χ0v) is 23.0. The van der Waals surface area contributed by atoms with Gasteiger partial charge < -0.3 is 29.9 Å². The van der Waals surface area contributed by atoms with Crippen molar-refractivity contribution in [3.8, 4) is 11.5 Å². The van der Waals surface area contributed by atoms with E-state index < -0.39 is 0 Å². The van der Waals surface area contributed by atoms with Gasteiger partial charge in [0.1, 0.15) is 11.5 Å². The summed E-state index contributed by atoms with van der Waals surface area (Å²) < 4.78 is 10.8. The smallest absolute Gasteiger partial charge is 0.230 e. The van der Waals surface area contributed by atoms with E-state index in [0.29, 0.717) is 6.54 Å². The molecule has 3 rings (SSSR count). The molecule has 1 aliphatic heterocycles. The molecule has 1 saturated heterocycles. The molecule has 0 bridgehead atoms. The van der Waals surface area contributed by atoms with E-state index in [9.17, 15) is 4.79 Å². The summed E-state index contributed by atoms with van der Waals surface area (Å²) in [5.74, 6) is 2.57. The van der Waals surface area contributed by atoms with Crippen LogP contribution in [0.15, 0.2) is 23.2 Å². The van der Waals surface area contributed by atoms with Gasteiger partial charge in [0, 0.05) is 63.7 Å². The molecule has 1 atom stereocenters. The first-order chi connectivity index (χ1) is 15.4. The molecular formula is C24H40IN5O3. The molecule has 1 amide bonds.